The number of piperazine rings is 1. The van der Waals surface area contributed by atoms with Gasteiger partial charge >= 0.3 is 12.1 Å². The van der Waals surface area contributed by atoms with Crippen molar-refractivity contribution >= 4 is 41.5 Å². The Morgan fingerprint density at radius 3 is 2.29 bits per heavy atom. The Balaban J connectivity index is 0.00000400. The van der Waals surface area contributed by atoms with Crippen molar-refractivity contribution in [1.29, 1.82) is 0 Å². The number of anilines is 2. The fourth-order valence-corrected chi connectivity index (χ4v) is 5.89. The van der Waals surface area contributed by atoms with Gasteiger partial charge in [0.15, 0.2) is 0 Å². The summed E-state index contributed by atoms with van der Waals surface area (Å²) >= 11 is 1.52. The zero-order chi connectivity index (χ0) is 26.3. The number of hydrogen-bond acceptors (Lipinski definition) is 6. The molecule has 2 aromatic rings. The van der Waals surface area contributed by atoms with Gasteiger partial charge in [-0.05, 0) is 49.7 Å². The van der Waals surface area contributed by atoms with E-state index in [1.807, 2.05) is 29.2 Å². The van der Waals surface area contributed by atoms with Crippen LogP contribution >= 0.6 is 24.2 Å². The monoisotopic (exact) mass is 571 g/mol. The van der Waals surface area contributed by atoms with Gasteiger partial charge in [0, 0.05) is 55.5 Å². The van der Waals surface area contributed by atoms with Crippen LogP contribution in [0.2, 0.25) is 0 Å². The first-order valence-corrected chi connectivity index (χ1v) is 14.0. The summed E-state index contributed by atoms with van der Waals surface area (Å²) in [6, 6.07) is 12.0. The van der Waals surface area contributed by atoms with E-state index in [1.54, 1.807) is 6.07 Å². The highest BCUT2D eigenvalue weighted by Gasteiger charge is 2.33. The van der Waals surface area contributed by atoms with Crippen LogP contribution in [0.25, 0.3) is 0 Å². The van der Waals surface area contributed by atoms with Crippen molar-refractivity contribution in [3.05, 3.63) is 48.0 Å². The van der Waals surface area contributed by atoms with Crippen LogP contribution in [0.5, 0.6) is 0 Å². The van der Waals surface area contributed by atoms with Gasteiger partial charge in [0.25, 0.3) is 0 Å². The minimum absolute atomic E-state index is 0. The quantitative estimate of drug-likeness (QED) is 0.217. The number of benzene rings is 2. The second-order valence-electron chi connectivity index (χ2n) is 9.62. The maximum absolute atomic E-state index is 13.4. The van der Waals surface area contributed by atoms with Crippen LogP contribution in [0.15, 0.2) is 52.3 Å². The van der Waals surface area contributed by atoms with Crippen LogP contribution in [0.1, 0.15) is 44.6 Å². The standard InChI is InChI=1S/C28H36F3N3O2S.ClH/c1-2-3-4-10-27(35)36-20-19-33-17-15-32(16-18-33)13-7-14-34-23-8-5-6-9-25(23)37-26-12-11-22(21-24(26)34)28(29,30)31;/h5-6,8-9,11-12,21H,2-4,7,10,13-20H2,1H3;1H. The van der Waals surface area contributed by atoms with Gasteiger partial charge in [-0.2, -0.15) is 13.2 Å². The summed E-state index contributed by atoms with van der Waals surface area (Å²) in [6.07, 6.45) is 0.0316. The van der Waals surface area contributed by atoms with Crippen LogP contribution in [0.4, 0.5) is 24.5 Å². The molecule has 38 heavy (non-hydrogen) atoms. The van der Waals surface area contributed by atoms with Crippen molar-refractivity contribution in [2.75, 3.05) is 57.3 Å². The number of esters is 1. The predicted molar refractivity (Wildman–Crippen MR) is 149 cm³/mol. The van der Waals surface area contributed by atoms with Gasteiger partial charge in [-0.3, -0.25) is 9.69 Å². The summed E-state index contributed by atoms with van der Waals surface area (Å²) in [4.78, 5) is 20.5. The van der Waals surface area contributed by atoms with Gasteiger partial charge in [0.05, 0.1) is 16.9 Å². The zero-order valence-corrected chi connectivity index (χ0v) is 23.5. The van der Waals surface area contributed by atoms with Gasteiger partial charge in [-0.15, -0.1) is 12.4 Å². The van der Waals surface area contributed by atoms with E-state index < -0.39 is 11.7 Å². The van der Waals surface area contributed by atoms with E-state index in [0.29, 0.717) is 25.3 Å². The summed E-state index contributed by atoms with van der Waals surface area (Å²) in [5.74, 6) is -0.103. The molecule has 0 unspecified atom stereocenters. The zero-order valence-electron chi connectivity index (χ0n) is 21.8. The molecule has 0 bridgehead atoms. The molecule has 5 nitrogen and oxygen atoms in total. The molecule has 2 heterocycles. The molecule has 1 saturated heterocycles. The molecule has 0 amide bonds. The third kappa shape index (κ3) is 8.28. The molecular formula is C28H37ClF3N3O2S. The van der Waals surface area contributed by atoms with Crippen molar-refractivity contribution in [1.82, 2.24) is 9.80 Å². The lowest BCUT2D eigenvalue weighted by Gasteiger charge is -2.36. The van der Waals surface area contributed by atoms with Gasteiger partial charge in [-0.1, -0.05) is 43.7 Å². The molecule has 1 fully saturated rings. The summed E-state index contributed by atoms with van der Waals surface area (Å²) in [5, 5.41) is 0. The summed E-state index contributed by atoms with van der Waals surface area (Å²) < 4.78 is 45.6. The Morgan fingerprint density at radius 1 is 0.895 bits per heavy atom. The third-order valence-corrected chi connectivity index (χ3v) is 8.06. The van der Waals surface area contributed by atoms with Gasteiger partial charge in [0.1, 0.15) is 6.61 Å². The van der Waals surface area contributed by atoms with Crippen LogP contribution in [0.3, 0.4) is 0 Å². The second-order valence-corrected chi connectivity index (χ2v) is 10.7. The Labute approximate surface area is 234 Å². The van der Waals surface area contributed by atoms with Crippen molar-refractivity contribution in [2.45, 2.75) is 55.0 Å². The predicted octanol–water partition coefficient (Wildman–Crippen LogP) is 6.86. The van der Waals surface area contributed by atoms with Crippen LogP contribution < -0.4 is 4.90 Å². The summed E-state index contributed by atoms with van der Waals surface area (Å²) in [6.45, 7) is 8.58. The lowest BCUT2D eigenvalue weighted by Crippen LogP contribution is -2.47. The normalized spacial score (nSPS) is 15.9. The topological polar surface area (TPSA) is 36.0 Å². The van der Waals surface area contributed by atoms with Gasteiger partial charge < -0.3 is 14.5 Å². The second kappa shape index (κ2) is 14.4. The van der Waals surface area contributed by atoms with E-state index >= 15 is 0 Å². The van der Waals surface area contributed by atoms with Crippen molar-refractivity contribution in [3.8, 4) is 0 Å². The average Bonchev–Trinajstić information content (AvgIpc) is 2.88. The lowest BCUT2D eigenvalue weighted by atomic mass is 10.1. The summed E-state index contributed by atoms with van der Waals surface area (Å²) in [7, 11) is 0. The van der Waals surface area contributed by atoms with E-state index in [1.165, 1.54) is 23.9 Å². The van der Waals surface area contributed by atoms with E-state index in [4.69, 9.17) is 4.74 Å². The Morgan fingerprint density at radius 2 is 1.58 bits per heavy atom. The number of unbranched alkanes of at least 4 members (excludes halogenated alkanes) is 2. The number of nitrogens with zero attached hydrogens (tertiary/aromatic N) is 3. The molecular weight excluding hydrogens is 535 g/mol. The molecule has 210 valence electrons. The molecule has 0 spiro atoms. The minimum Gasteiger partial charge on any atom is -0.464 e. The van der Waals surface area contributed by atoms with Gasteiger partial charge in [0.2, 0.25) is 0 Å². The first-order valence-electron chi connectivity index (χ1n) is 13.2. The van der Waals surface area contributed by atoms with Crippen molar-refractivity contribution in [2.24, 2.45) is 0 Å². The number of carbonyl (C=O) groups excluding carboxylic acids is 1. The number of rotatable bonds is 11. The number of hydrogen-bond donors (Lipinski definition) is 0. The van der Waals surface area contributed by atoms with Crippen molar-refractivity contribution in [3.63, 3.8) is 0 Å². The number of para-hydroxylation sites is 1. The molecule has 0 aliphatic carbocycles. The number of halogens is 4. The maximum atomic E-state index is 13.4. The molecule has 0 atom stereocenters. The average molecular weight is 572 g/mol. The Hall–Kier alpha value is -1.94. The molecule has 2 aliphatic rings. The summed E-state index contributed by atoms with van der Waals surface area (Å²) in [5.41, 5.74) is 0.986. The lowest BCUT2D eigenvalue weighted by molar-refractivity contribution is -0.144. The van der Waals surface area contributed by atoms with E-state index in [-0.39, 0.29) is 18.4 Å². The van der Waals surface area contributed by atoms with Gasteiger partial charge in [-0.25, -0.2) is 0 Å². The highest BCUT2D eigenvalue weighted by atomic mass is 35.5. The molecule has 0 radical (unpaired) electrons. The molecule has 2 aliphatic heterocycles. The van der Waals surface area contributed by atoms with Crippen LogP contribution in [0, 0.1) is 0 Å². The molecule has 0 saturated carbocycles. The van der Waals surface area contributed by atoms with Crippen LogP contribution in [-0.4, -0.2) is 68.2 Å². The molecule has 0 aromatic heterocycles. The fraction of sp³-hybridized carbons (Fsp3) is 0.536. The van der Waals surface area contributed by atoms with E-state index in [0.717, 1.165) is 80.4 Å². The number of carbonyl (C=O) groups is 1. The molecule has 10 heteroatoms. The maximum Gasteiger partial charge on any atom is 0.416 e. The Kier molecular flexibility index (Phi) is 11.6. The number of alkyl halides is 3. The van der Waals surface area contributed by atoms with E-state index in [9.17, 15) is 18.0 Å². The SMILES string of the molecule is CCCCCC(=O)OCCN1CCN(CCCN2c3ccccc3Sc3ccc(C(F)(F)F)cc32)CC1.Cl. The molecule has 0 N–H and O–H groups in total. The first-order chi connectivity index (χ1) is 17.8. The Bertz CT molecular complexity index is 1050. The number of fused-ring (bicyclic) bond motifs is 2. The van der Waals surface area contributed by atoms with E-state index in [2.05, 4.69) is 16.7 Å². The third-order valence-electron chi connectivity index (χ3n) is 6.93. The largest absolute Gasteiger partial charge is 0.464 e. The van der Waals surface area contributed by atoms with Crippen LogP contribution in [-0.2, 0) is 15.7 Å². The molecule has 2 aromatic carbocycles. The first kappa shape index (κ1) is 30.6. The number of ether oxygens (including phenoxy) is 1. The molecule has 4 rings (SSSR count). The highest BCUT2D eigenvalue weighted by molar-refractivity contribution is 7.99. The fourth-order valence-electron chi connectivity index (χ4n) is 4.82. The van der Waals surface area contributed by atoms with Crippen molar-refractivity contribution < 1.29 is 22.7 Å². The highest BCUT2D eigenvalue weighted by Crippen LogP contribution is 2.49. The minimum atomic E-state index is -4.37. The smallest absolute Gasteiger partial charge is 0.416 e.